The van der Waals surface area contributed by atoms with Crippen LogP contribution in [0.1, 0.15) is 35.9 Å². The molecule has 1 aromatic heterocycles. The van der Waals surface area contributed by atoms with E-state index in [4.69, 9.17) is 9.26 Å². The van der Waals surface area contributed by atoms with Gasteiger partial charge in [-0.1, -0.05) is 59.6 Å². The van der Waals surface area contributed by atoms with Crippen LogP contribution < -0.4 is 4.74 Å². The lowest BCUT2D eigenvalue weighted by molar-refractivity contribution is -0.138. The van der Waals surface area contributed by atoms with E-state index in [2.05, 4.69) is 10.1 Å². The normalized spacial score (nSPS) is 11.9. The van der Waals surface area contributed by atoms with E-state index in [9.17, 15) is 4.79 Å². The van der Waals surface area contributed by atoms with E-state index in [0.717, 1.165) is 28.0 Å². The first-order valence-electron chi connectivity index (χ1n) is 9.76. The Morgan fingerprint density at radius 1 is 1.10 bits per heavy atom. The zero-order valence-electron chi connectivity index (χ0n) is 17.6. The van der Waals surface area contributed by atoms with Crippen molar-refractivity contribution in [2.24, 2.45) is 0 Å². The number of ether oxygens (including phenoxy) is 1. The van der Waals surface area contributed by atoms with Crippen molar-refractivity contribution in [3.63, 3.8) is 0 Å². The Balaban J connectivity index is 1.66. The van der Waals surface area contributed by atoms with Gasteiger partial charge in [-0.15, -0.1) is 0 Å². The highest BCUT2D eigenvalue weighted by molar-refractivity contribution is 5.81. The molecule has 0 aliphatic rings. The molecule has 0 bridgehead atoms. The third-order valence-corrected chi connectivity index (χ3v) is 4.77. The van der Waals surface area contributed by atoms with Crippen LogP contribution >= 0.6 is 0 Å². The number of nitrogens with zero attached hydrogens (tertiary/aromatic N) is 3. The summed E-state index contributed by atoms with van der Waals surface area (Å²) < 4.78 is 11.3. The number of likely N-dealkylation sites (N-methyl/N-ethyl adjacent to an activating group) is 1. The van der Waals surface area contributed by atoms with Gasteiger partial charge in [0.2, 0.25) is 11.7 Å². The van der Waals surface area contributed by atoms with Crippen LogP contribution in [0.25, 0.3) is 11.4 Å². The summed E-state index contributed by atoms with van der Waals surface area (Å²) >= 11 is 0. The number of aryl methyl sites for hydroxylation is 3. The number of carbonyl (C=O) groups is 1. The van der Waals surface area contributed by atoms with Crippen molar-refractivity contribution in [1.29, 1.82) is 0 Å². The van der Waals surface area contributed by atoms with Crippen molar-refractivity contribution in [2.75, 3.05) is 7.05 Å². The van der Waals surface area contributed by atoms with Crippen LogP contribution in [-0.4, -0.2) is 34.1 Å². The number of amides is 1. The lowest BCUT2D eigenvalue weighted by Crippen LogP contribution is -2.39. The Morgan fingerprint density at radius 2 is 1.79 bits per heavy atom. The van der Waals surface area contributed by atoms with Crippen LogP contribution in [0.15, 0.2) is 47.0 Å². The monoisotopic (exact) mass is 393 g/mol. The van der Waals surface area contributed by atoms with Gasteiger partial charge in [-0.2, -0.15) is 4.98 Å². The van der Waals surface area contributed by atoms with E-state index in [0.29, 0.717) is 18.1 Å². The van der Waals surface area contributed by atoms with Gasteiger partial charge in [0, 0.05) is 12.6 Å². The maximum absolute atomic E-state index is 12.9. The van der Waals surface area contributed by atoms with Gasteiger partial charge in [-0.3, -0.25) is 4.79 Å². The van der Waals surface area contributed by atoms with Crippen LogP contribution in [0.3, 0.4) is 0 Å². The summed E-state index contributed by atoms with van der Waals surface area (Å²) in [6.07, 6.45) is -0.00419. The van der Waals surface area contributed by atoms with Crippen LogP contribution in [0.5, 0.6) is 5.75 Å². The van der Waals surface area contributed by atoms with E-state index >= 15 is 0 Å². The molecule has 1 heterocycles. The molecule has 3 aromatic rings. The molecular formula is C23H27N3O3. The second-order valence-corrected chi connectivity index (χ2v) is 7.36. The highest BCUT2D eigenvalue weighted by Crippen LogP contribution is 2.22. The van der Waals surface area contributed by atoms with E-state index in [-0.39, 0.29) is 12.5 Å². The first-order chi connectivity index (χ1) is 13.9. The van der Waals surface area contributed by atoms with Gasteiger partial charge in [0.05, 0.1) is 6.54 Å². The Morgan fingerprint density at radius 3 is 2.45 bits per heavy atom. The van der Waals surface area contributed by atoms with Gasteiger partial charge >= 0.3 is 0 Å². The molecule has 29 heavy (non-hydrogen) atoms. The highest BCUT2D eigenvalue weighted by atomic mass is 16.5. The van der Waals surface area contributed by atoms with Crippen molar-refractivity contribution < 1.29 is 14.1 Å². The standard InChI is InChI=1S/C23H27N3O3/c1-6-19(28-20-12-9-16(3)13-17(20)4)23(27)26(5)14-21-24-22(25-29-21)18-10-7-15(2)8-11-18/h7-13,19H,6,14H2,1-5H3/t19-/m0/s1. The summed E-state index contributed by atoms with van der Waals surface area (Å²) in [4.78, 5) is 18.9. The summed E-state index contributed by atoms with van der Waals surface area (Å²) in [5, 5.41) is 4.03. The van der Waals surface area contributed by atoms with E-state index in [1.165, 1.54) is 0 Å². The van der Waals surface area contributed by atoms with Crippen LogP contribution in [0.4, 0.5) is 0 Å². The second-order valence-electron chi connectivity index (χ2n) is 7.36. The van der Waals surface area contributed by atoms with Crippen molar-refractivity contribution >= 4 is 5.91 Å². The van der Waals surface area contributed by atoms with Crippen molar-refractivity contribution in [3.8, 4) is 17.1 Å². The fourth-order valence-corrected chi connectivity index (χ4v) is 3.06. The quantitative estimate of drug-likeness (QED) is 0.592. The minimum absolute atomic E-state index is 0.123. The lowest BCUT2D eigenvalue weighted by Gasteiger charge is -2.23. The summed E-state index contributed by atoms with van der Waals surface area (Å²) in [5.41, 5.74) is 4.21. The van der Waals surface area contributed by atoms with Gasteiger partial charge < -0.3 is 14.2 Å². The smallest absolute Gasteiger partial charge is 0.263 e. The third kappa shape index (κ3) is 5.02. The number of rotatable bonds is 7. The summed E-state index contributed by atoms with van der Waals surface area (Å²) in [7, 11) is 1.71. The molecule has 0 aliphatic carbocycles. The second kappa shape index (κ2) is 8.90. The van der Waals surface area contributed by atoms with E-state index in [1.807, 2.05) is 70.2 Å². The Kier molecular flexibility index (Phi) is 6.32. The number of carbonyl (C=O) groups excluding carboxylic acids is 1. The number of benzene rings is 2. The fraction of sp³-hybridized carbons (Fsp3) is 0.348. The van der Waals surface area contributed by atoms with Gasteiger partial charge in [0.15, 0.2) is 6.10 Å². The molecule has 0 fully saturated rings. The average Bonchev–Trinajstić information content (AvgIpc) is 3.16. The van der Waals surface area contributed by atoms with Gasteiger partial charge in [0.25, 0.3) is 5.91 Å². The maximum Gasteiger partial charge on any atom is 0.263 e. The Hall–Kier alpha value is -3.15. The summed E-state index contributed by atoms with van der Waals surface area (Å²) in [5.74, 6) is 1.50. The summed E-state index contributed by atoms with van der Waals surface area (Å²) in [6.45, 7) is 8.19. The molecule has 0 saturated heterocycles. The summed E-state index contributed by atoms with van der Waals surface area (Å²) in [6, 6.07) is 13.8. The number of hydrogen-bond acceptors (Lipinski definition) is 5. The third-order valence-electron chi connectivity index (χ3n) is 4.77. The predicted molar refractivity (Wildman–Crippen MR) is 112 cm³/mol. The largest absolute Gasteiger partial charge is 0.480 e. The zero-order valence-corrected chi connectivity index (χ0v) is 17.6. The SMILES string of the molecule is CC[C@H](Oc1ccc(C)cc1C)C(=O)N(C)Cc1nc(-c2ccc(C)cc2)no1. The molecule has 6 nitrogen and oxygen atoms in total. The maximum atomic E-state index is 12.9. The number of aromatic nitrogens is 2. The molecule has 0 radical (unpaired) electrons. The molecule has 1 atom stereocenters. The molecule has 0 saturated carbocycles. The van der Waals surface area contributed by atoms with Gasteiger partial charge in [-0.25, -0.2) is 0 Å². The predicted octanol–water partition coefficient (Wildman–Crippen LogP) is 4.48. The molecule has 0 unspecified atom stereocenters. The van der Waals surface area contributed by atoms with Crippen molar-refractivity contribution in [1.82, 2.24) is 15.0 Å². The Labute approximate surface area is 171 Å². The zero-order chi connectivity index (χ0) is 21.0. The molecule has 2 aromatic carbocycles. The van der Waals surface area contributed by atoms with Crippen LogP contribution in [0, 0.1) is 20.8 Å². The molecule has 6 heteroatoms. The molecule has 3 rings (SSSR count). The van der Waals surface area contributed by atoms with Crippen molar-refractivity contribution in [3.05, 3.63) is 65.0 Å². The van der Waals surface area contributed by atoms with E-state index < -0.39 is 6.10 Å². The molecular weight excluding hydrogens is 366 g/mol. The first-order valence-corrected chi connectivity index (χ1v) is 9.76. The van der Waals surface area contributed by atoms with Crippen LogP contribution in [-0.2, 0) is 11.3 Å². The molecule has 0 spiro atoms. The molecule has 0 N–H and O–H groups in total. The van der Waals surface area contributed by atoms with Crippen LogP contribution in [0.2, 0.25) is 0 Å². The molecule has 152 valence electrons. The van der Waals surface area contributed by atoms with Gasteiger partial charge in [0.1, 0.15) is 5.75 Å². The minimum atomic E-state index is -0.569. The Bertz CT molecular complexity index is 979. The highest BCUT2D eigenvalue weighted by Gasteiger charge is 2.24. The van der Waals surface area contributed by atoms with Crippen molar-refractivity contribution in [2.45, 2.75) is 46.8 Å². The number of hydrogen-bond donors (Lipinski definition) is 0. The fourth-order valence-electron chi connectivity index (χ4n) is 3.06. The van der Waals surface area contributed by atoms with Gasteiger partial charge in [-0.05, 0) is 38.8 Å². The first kappa shape index (κ1) is 20.6. The lowest BCUT2D eigenvalue weighted by atomic mass is 10.1. The average molecular weight is 393 g/mol. The molecule has 0 aliphatic heterocycles. The topological polar surface area (TPSA) is 68.5 Å². The van der Waals surface area contributed by atoms with E-state index in [1.54, 1.807) is 11.9 Å². The minimum Gasteiger partial charge on any atom is -0.480 e. The molecule has 1 amide bonds.